The van der Waals surface area contributed by atoms with Gasteiger partial charge in [-0.3, -0.25) is 19.3 Å². The number of rotatable bonds is 17. The van der Waals surface area contributed by atoms with Gasteiger partial charge in [0.15, 0.2) is 40.5 Å². The molecule has 0 saturated heterocycles. The maximum absolute atomic E-state index is 15.6. The summed E-state index contributed by atoms with van der Waals surface area (Å²) in [7, 11) is 2.32. The average Bonchev–Trinajstić information content (AvgIpc) is 3.50. The van der Waals surface area contributed by atoms with Crippen LogP contribution in [0.25, 0.3) is 6.08 Å². The summed E-state index contributed by atoms with van der Waals surface area (Å²) < 4.78 is 67.7. The number of hydrogen-bond acceptors (Lipinski definition) is 10. The van der Waals surface area contributed by atoms with E-state index in [1.54, 1.807) is 0 Å². The molecule has 3 N–H and O–H groups in total. The number of carbonyl (C=O) groups excluding carboxylic acids is 1. The second-order valence-corrected chi connectivity index (χ2v) is 12.1. The molecule has 11 nitrogen and oxygen atoms in total. The van der Waals surface area contributed by atoms with E-state index >= 15 is 13.2 Å². The number of nitrogens with zero attached hydrogens (tertiary/aromatic N) is 1. The van der Waals surface area contributed by atoms with Gasteiger partial charge in [0.05, 0.1) is 49.2 Å². The lowest BCUT2D eigenvalue weighted by atomic mass is 9.99. The first kappa shape index (κ1) is 38.8. The minimum atomic E-state index is -1.26. The molecular formula is C32H37ClF3NO10S. The summed E-state index contributed by atoms with van der Waals surface area (Å²) in [6.07, 6.45) is -0.376. The quantitative estimate of drug-likeness (QED) is 0.0900. The maximum atomic E-state index is 15.6. The molecule has 1 unspecified atom stereocenters. The number of ketones is 1. The molecule has 0 amide bonds. The van der Waals surface area contributed by atoms with E-state index in [-0.39, 0.29) is 89.2 Å². The number of aliphatic hydroxyl groups excluding tert-OH is 1. The van der Waals surface area contributed by atoms with Crippen LogP contribution in [0.2, 0.25) is 5.02 Å². The van der Waals surface area contributed by atoms with Crippen molar-refractivity contribution in [1.29, 1.82) is 0 Å². The van der Waals surface area contributed by atoms with Crippen LogP contribution in [0.3, 0.4) is 0 Å². The Balaban J connectivity index is 1.76. The molecule has 3 rings (SSSR count). The third-order valence-electron chi connectivity index (χ3n) is 7.84. The lowest BCUT2D eigenvalue weighted by molar-refractivity contribution is -0.144. The van der Waals surface area contributed by atoms with Gasteiger partial charge >= 0.3 is 11.9 Å². The molecule has 48 heavy (non-hydrogen) atoms. The van der Waals surface area contributed by atoms with Crippen molar-refractivity contribution >= 4 is 48.0 Å². The molecule has 0 saturated carbocycles. The molecule has 16 heteroatoms. The van der Waals surface area contributed by atoms with Crippen LogP contribution in [0.4, 0.5) is 13.2 Å². The van der Waals surface area contributed by atoms with Crippen molar-refractivity contribution in [1.82, 2.24) is 4.90 Å². The van der Waals surface area contributed by atoms with Crippen molar-refractivity contribution in [3.63, 3.8) is 0 Å². The molecule has 0 aromatic heterocycles. The van der Waals surface area contributed by atoms with Gasteiger partial charge in [0.25, 0.3) is 0 Å². The van der Waals surface area contributed by atoms with Gasteiger partial charge in [0, 0.05) is 42.6 Å². The Labute approximate surface area is 285 Å². The zero-order chi connectivity index (χ0) is 36.0. The molecule has 2 aromatic carbocycles. The van der Waals surface area contributed by atoms with Crippen molar-refractivity contribution in [2.75, 3.05) is 27.4 Å². The van der Waals surface area contributed by atoms with E-state index in [2.05, 4.69) is 12.6 Å². The number of aliphatic hydroxyl groups is 1. The van der Waals surface area contributed by atoms with Crippen LogP contribution in [0, 0.1) is 29.3 Å². The molecule has 3 atom stereocenters. The zero-order valence-electron chi connectivity index (χ0n) is 26.9. The highest BCUT2D eigenvalue weighted by Crippen LogP contribution is 2.45. The summed E-state index contributed by atoms with van der Waals surface area (Å²) in [5.74, 6) is -8.88. The topological polar surface area (TPSA) is 152 Å². The van der Waals surface area contributed by atoms with E-state index in [1.807, 2.05) is 0 Å². The summed E-state index contributed by atoms with van der Waals surface area (Å²) >= 11 is 10.7. The smallest absolute Gasteiger partial charge is 0.306 e. The molecule has 0 aliphatic carbocycles. The predicted molar refractivity (Wildman–Crippen MR) is 170 cm³/mol. The molecular weight excluding hydrogens is 683 g/mol. The first-order valence-electron chi connectivity index (χ1n) is 14.7. The first-order valence-corrected chi connectivity index (χ1v) is 15.6. The number of carboxylic acid groups (broad SMARTS) is 2. The minimum absolute atomic E-state index is 0.00428. The van der Waals surface area contributed by atoms with Gasteiger partial charge in [-0.05, 0) is 25.0 Å². The van der Waals surface area contributed by atoms with Crippen LogP contribution in [0.15, 0.2) is 10.5 Å². The van der Waals surface area contributed by atoms with Crippen LogP contribution in [-0.4, -0.2) is 71.6 Å². The van der Waals surface area contributed by atoms with Crippen LogP contribution >= 0.6 is 24.2 Å². The van der Waals surface area contributed by atoms with Crippen LogP contribution in [0.1, 0.15) is 56.7 Å². The molecule has 1 aliphatic heterocycles. The number of benzene rings is 2. The number of carboxylic acids is 2. The second kappa shape index (κ2) is 16.6. The van der Waals surface area contributed by atoms with Crippen LogP contribution in [-0.2, 0) is 27.5 Å². The number of aliphatic carboxylic acids is 2. The summed E-state index contributed by atoms with van der Waals surface area (Å²) in [5, 5.41) is 28.6. The summed E-state index contributed by atoms with van der Waals surface area (Å²) in [6.45, 7) is 3.46. The maximum Gasteiger partial charge on any atom is 0.306 e. The van der Waals surface area contributed by atoms with E-state index in [9.17, 15) is 19.5 Å². The monoisotopic (exact) mass is 719 g/mol. The fourth-order valence-corrected chi connectivity index (χ4v) is 5.58. The fraction of sp³-hybridized carbons (Fsp3) is 0.469. The highest BCUT2D eigenvalue weighted by atomic mass is 35.5. The highest BCUT2D eigenvalue weighted by Gasteiger charge is 2.35. The van der Waals surface area contributed by atoms with Gasteiger partial charge in [-0.2, -0.15) is 0 Å². The Morgan fingerprint density at radius 3 is 1.92 bits per heavy atom. The SMILES string of the molecule is COc1c(F)c2c(c(F)c1OCCCOc1c(Cl)c(/C=C(\C)C(=O)C[C@H](C)C(=O)O)c(S)c(F)c1OC)CN(C(O)C[C@H](C)C(=O)O)C2. The molecule has 0 spiro atoms. The van der Waals surface area contributed by atoms with Gasteiger partial charge in [-0.1, -0.05) is 25.4 Å². The second-order valence-electron chi connectivity index (χ2n) is 11.3. The van der Waals surface area contributed by atoms with E-state index in [1.165, 1.54) is 38.9 Å². The molecule has 264 valence electrons. The number of fused-ring (bicyclic) bond motifs is 1. The van der Waals surface area contributed by atoms with Gasteiger partial charge in [0.2, 0.25) is 5.75 Å². The Hall–Kier alpha value is -3.66. The summed E-state index contributed by atoms with van der Waals surface area (Å²) in [5.41, 5.74) is -0.00607. The van der Waals surface area contributed by atoms with Crippen molar-refractivity contribution in [3.05, 3.63) is 44.7 Å². The number of halogens is 4. The summed E-state index contributed by atoms with van der Waals surface area (Å²) in [6, 6.07) is 0. The average molecular weight is 720 g/mol. The largest absolute Gasteiger partial charge is 0.490 e. The number of Topliss-reactive ketones (excluding diaryl/α,β-unsaturated/α-hetero) is 1. The normalized spacial score (nSPS) is 15.0. The molecule has 2 aromatic rings. The highest BCUT2D eigenvalue weighted by molar-refractivity contribution is 7.80. The van der Waals surface area contributed by atoms with E-state index in [0.29, 0.717) is 0 Å². The fourth-order valence-electron chi connectivity index (χ4n) is 4.94. The van der Waals surface area contributed by atoms with Crippen molar-refractivity contribution in [2.24, 2.45) is 11.8 Å². The zero-order valence-corrected chi connectivity index (χ0v) is 28.5. The van der Waals surface area contributed by atoms with Crippen LogP contribution < -0.4 is 18.9 Å². The van der Waals surface area contributed by atoms with Gasteiger partial charge in [0.1, 0.15) is 6.23 Å². The predicted octanol–water partition coefficient (Wildman–Crippen LogP) is 5.74. The van der Waals surface area contributed by atoms with Gasteiger partial charge < -0.3 is 34.3 Å². The Morgan fingerprint density at radius 2 is 1.40 bits per heavy atom. The third kappa shape index (κ3) is 8.49. The van der Waals surface area contributed by atoms with Crippen molar-refractivity contribution in [2.45, 2.75) is 64.2 Å². The molecule has 1 aliphatic rings. The summed E-state index contributed by atoms with van der Waals surface area (Å²) in [4.78, 5) is 36.0. The number of allylic oxidation sites excluding steroid dienone is 1. The first-order chi connectivity index (χ1) is 22.5. The number of methoxy groups -OCH3 is 2. The third-order valence-corrected chi connectivity index (χ3v) is 8.65. The van der Waals surface area contributed by atoms with E-state index in [0.717, 1.165) is 7.11 Å². The van der Waals surface area contributed by atoms with Gasteiger partial charge in [-0.15, -0.1) is 12.6 Å². The number of carbonyl (C=O) groups is 3. The Morgan fingerprint density at radius 1 is 0.896 bits per heavy atom. The Kier molecular flexibility index (Phi) is 13.4. The minimum Gasteiger partial charge on any atom is -0.490 e. The number of thiol groups is 1. The van der Waals surface area contributed by atoms with E-state index < -0.39 is 64.7 Å². The van der Waals surface area contributed by atoms with E-state index in [4.69, 9.17) is 40.8 Å². The lowest BCUT2D eigenvalue weighted by Crippen LogP contribution is -2.33. The molecule has 0 bridgehead atoms. The number of hydrogen-bond donors (Lipinski definition) is 4. The number of ether oxygens (including phenoxy) is 4. The molecule has 0 radical (unpaired) electrons. The lowest BCUT2D eigenvalue weighted by Gasteiger charge is -2.23. The molecule has 0 fully saturated rings. The van der Waals surface area contributed by atoms with Crippen LogP contribution in [0.5, 0.6) is 23.0 Å². The van der Waals surface area contributed by atoms with Crippen molar-refractivity contribution < 1.29 is 61.8 Å². The van der Waals surface area contributed by atoms with Gasteiger partial charge in [-0.25, -0.2) is 13.2 Å². The standard InChI is InChI=1S/C32H37ClF3NO10S/c1-14(20(38)10-15(2)31(40)41)9-17-22(33)26(28(45-5)25(36)30(17)48)46-7-6-8-47-29-24(35)19-13-37(21(39)11-16(3)32(42)43)12-18(19)23(34)27(29)44-4/h9,15-16,21,39,48H,6-8,10-13H2,1-5H3,(H,40,41)(H,42,43)/b14-9+/t15-,16-,21?/m0/s1. The van der Waals surface area contributed by atoms with Crippen molar-refractivity contribution in [3.8, 4) is 23.0 Å². The molecule has 1 heterocycles. The Bertz CT molecular complexity index is 1610.